The number of hydrogen-bond acceptors (Lipinski definition) is 3. The van der Waals surface area contributed by atoms with Crippen molar-refractivity contribution in [2.24, 2.45) is 0 Å². The predicted octanol–water partition coefficient (Wildman–Crippen LogP) is 5.50. The van der Waals surface area contributed by atoms with Crippen LogP contribution in [0.25, 0.3) is 0 Å². The largest absolute Gasteiger partial charge is 0.392 e. The summed E-state index contributed by atoms with van der Waals surface area (Å²) >= 11 is -1.57. The summed E-state index contributed by atoms with van der Waals surface area (Å²) in [5.74, 6) is 0.438. The normalized spacial score (nSPS) is 13.1. The molecule has 0 aliphatic rings. The molecule has 6 heteroatoms. The SMILES string of the molecule is CCCCCS(=O)O.CCCCC[Si](C)(OC(C)C)OC(C)C. The molecule has 0 radical (unpaired) electrons. The van der Waals surface area contributed by atoms with Crippen molar-refractivity contribution in [3.8, 4) is 0 Å². The summed E-state index contributed by atoms with van der Waals surface area (Å²) in [5.41, 5.74) is 0. The molecule has 0 spiro atoms. The molecule has 0 aromatic rings. The summed E-state index contributed by atoms with van der Waals surface area (Å²) in [6, 6.07) is 1.12. The van der Waals surface area contributed by atoms with Gasteiger partial charge in [-0.2, -0.15) is 0 Å². The quantitative estimate of drug-likeness (QED) is 0.281. The monoisotopic (exact) mass is 368 g/mol. The molecule has 142 valence electrons. The van der Waals surface area contributed by atoms with Crippen LogP contribution in [0, 0.1) is 0 Å². The van der Waals surface area contributed by atoms with Crippen molar-refractivity contribution in [3.05, 3.63) is 0 Å². The number of unbranched alkanes of at least 4 members (excludes halogenated alkanes) is 4. The lowest BCUT2D eigenvalue weighted by Gasteiger charge is -2.31. The zero-order chi connectivity index (χ0) is 18.3. The molecule has 0 heterocycles. The van der Waals surface area contributed by atoms with Crippen LogP contribution >= 0.6 is 0 Å². The molecule has 0 saturated carbocycles. The summed E-state index contributed by atoms with van der Waals surface area (Å²) in [6.07, 6.45) is 7.38. The summed E-state index contributed by atoms with van der Waals surface area (Å²) in [7, 11) is -1.91. The van der Waals surface area contributed by atoms with Crippen LogP contribution in [0.4, 0.5) is 0 Å². The Kier molecular flexibility index (Phi) is 17.5. The molecule has 1 atom stereocenters. The van der Waals surface area contributed by atoms with Crippen LogP contribution in [-0.2, 0) is 19.9 Å². The summed E-state index contributed by atoms with van der Waals surface area (Å²) in [5, 5.41) is 0. The smallest absolute Gasteiger partial charge is 0.335 e. The first-order valence-electron chi connectivity index (χ1n) is 9.09. The summed E-state index contributed by atoms with van der Waals surface area (Å²) < 4.78 is 30.3. The maximum Gasteiger partial charge on any atom is 0.335 e. The molecule has 0 aromatic heterocycles. The minimum atomic E-state index is -1.91. The van der Waals surface area contributed by atoms with Crippen molar-refractivity contribution >= 4 is 19.6 Å². The van der Waals surface area contributed by atoms with Crippen molar-refractivity contribution < 1.29 is 17.6 Å². The van der Waals surface area contributed by atoms with Gasteiger partial charge in [-0.1, -0.05) is 46.0 Å². The Morgan fingerprint density at radius 3 is 1.70 bits per heavy atom. The Morgan fingerprint density at radius 1 is 0.913 bits per heavy atom. The van der Waals surface area contributed by atoms with Crippen LogP contribution in [0.15, 0.2) is 0 Å². The van der Waals surface area contributed by atoms with E-state index >= 15 is 0 Å². The van der Waals surface area contributed by atoms with E-state index in [-0.39, 0.29) is 12.2 Å². The Morgan fingerprint density at radius 2 is 1.35 bits per heavy atom. The molecule has 0 aliphatic heterocycles. The predicted molar refractivity (Wildman–Crippen MR) is 104 cm³/mol. The average Bonchev–Trinajstić information content (AvgIpc) is 2.37. The topological polar surface area (TPSA) is 55.8 Å². The minimum absolute atomic E-state index is 0.280. The van der Waals surface area contributed by atoms with E-state index in [1.165, 1.54) is 19.3 Å². The van der Waals surface area contributed by atoms with Gasteiger partial charge in [0, 0.05) is 18.0 Å². The molecule has 0 fully saturated rings. The maximum atomic E-state index is 9.99. The second-order valence-electron chi connectivity index (χ2n) is 6.66. The van der Waals surface area contributed by atoms with Crippen LogP contribution < -0.4 is 0 Å². The molecular formula is C17H40O4SSi. The zero-order valence-electron chi connectivity index (χ0n) is 16.4. The van der Waals surface area contributed by atoms with E-state index in [1.807, 2.05) is 0 Å². The van der Waals surface area contributed by atoms with Gasteiger partial charge in [-0.05, 0) is 46.7 Å². The molecule has 1 N–H and O–H groups in total. The highest BCUT2D eigenvalue weighted by atomic mass is 32.2. The lowest BCUT2D eigenvalue weighted by atomic mass is 10.3. The molecule has 1 unspecified atom stereocenters. The van der Waals surface area contributed by atoms with Gasteiger partial charge in [0.15, 0.2) is 11.1 Å². The van der Waals surface area contributed by atoms with Gasteiger partial charge in [0.2, 0.25) is 0 Å². The fourth-order valence-electron chi connectivity index (χ4n) is 2.31. The third-order valence-corrected chi connectivity index (χ3v) is 6.97. The van der Waals surface area contributed by atoms with Crippen molar-refractivity contribution in [1.82, 2.24) is 0 Å². The van der Waals surface area contributed by atoms with Gasteiger partial charge in [0.05, 0.1) is 0 Å². The standard InChI is InChI=1S/C12H28O2Si.C5H12O2S/c1-7-8-9-10-15(6,13-11(2)3)14-12(4)5;1-2-3-4-5-8(6)7/h11-12H,7-10H2,1-6H3;2-5H2,1H3,(H,6,7). The molecule has 23 heavy (non-hydrogen) atoms. The first-order chi connectivity index (χ1) is 10.7. The Hall–Kier alpha value is 0.247. The van der Waals surface area contributed by atoms with Gasteiger partial charge in [0.25, 0.3) is 0 Å². The third kappa shape index (κ3) is 20.2. The minimum Gasteiger partial charge on any atom is -0.392 e. The van der Waals surface area contributed by atoms with Crippen molar-refractivity contribution in [2.75, 3.05) is 5.75 Å². The van der Waals surface area contributed by atoms with Crippen molar-refractivity contribution in [2.45, 2.75) is 105 Å². The maximum absolute atomic E-state index is 9.99. The molecule has 0 aliphatic carbocycles. The fraction of sp³-hybridized carbons (Fsp3) is 1.00. The van der Waals surface area contributed by atoms with E-state index in [4.69, 9.17) is 13.4 Å². The van der Waals surface area contributed by atoms with Gasteiger partial charge in [-0.25, -0.2) is 4.21 Å². The molecule has 0 aromatic carbocycles. The Bertz CT molecular complexity index is 276. The highest BCUT2D eigenvalue weighted by molar-refractivity contribution is 7.79. The van der Waals surface area contributed by atoms with E-state index in [9.17, 15) is 4.21 Å². The number of hydrogen-bond donors (Lipinski definition) is 1. The van der Waals surface area contributed by atoms with Crippen LogP contribution in [0.3, 0.4) is 0 Å². The van der Waals surface area contributed by atoms with Crippen molar-refractivity contribution in [3.63, 3.8) is 0 Å². The van der Waals surface area contributed by atoms with E-state index in [0.29, 0.717) is 5.75 Å². The van der Waals surface area contributed by atoms with Crippen LogP contribution in [-0.4, -0.2) is 35.3 Å². The van der Waals surface area contributed by atoms with Gasteiger partial charge in [-0.15, -0.1) is 0 Å². The molecule has 0 rings (SSSR count). The van der Waals surface area contributed by atoms with Crippen LogP contribution in [0.2, 0.25) is 12.6 Å². The van der Waals surface area contributed by atoms with E-state index < -0.39 is 19.6 Å². The van der Waals surface area contributed by atoms with Crippen LogP contribution in [0.1, 0.15) is 80.1 Å². The zero-order valence-corrected chi connectivity index (χ0v) is 18.2. The van der Waals surface area contributed by atoms with E-state index in [2.05, 4.69) is 48.1 Å². The fourth-order valence-corrected chi connectivity index (χ4v) is 5.94. The van der Waals surface area contributed by atoms with Gasteiger partial charge in [0.1, 0.15) is 0 Å². The Labute approximate surface area is 148 Å². The van der Waals surface area contributed by atoms with E-state index in [0.717, 1.165) is 25.3 Å². The molecule has 0 amide bonds. The first kappa shape index (κ1) is 25.5. The van der Waals surface area contributed by atoms with Gasteiger partial charge in [-0.3, -0.25) is 0 Å². The highest BCUT2D eigenvalue weighted by Crippen LogP contribution is 2.21. The number of rotatable bonds is 12. The second kappa shape index (κ2) is 15.8. The first-order valence-corrected chi connectivity index (χ1v) is 12.9. The van der Waals surface area contributed by atoms with Gasteiger partial charge < -0.3 is 13.4 Å². The molecular weight excluding hydrogens is 328 g/mol. The lowest BCUT2D eigenvalue weighted by Crippen LogP contribution is -2.42. The molecule has 0 saturated heterocycles. The lowest BCUT2D eigenvalue weighted by molar-refractivity contribution is 0.109. The highest BCUT2D eigenvalue weighted by Gasteiger charge is 2.33. The van der Waals surface area contributed by atoms with Crippen LogP contribution in [0.5, 0.6) is 0 Å². The average molecular weight is 369 g/mol. The van der Waals surface area contributed by atoms with Gasteiger partial charge >= 0.3 is 8.56 Å². The molecule has 0 bridgehead atoms. The van der Waals surface area contributed by atoms with Crippen molar-refractivity contribution in [1.29, 1.82) is 0 Å². The van der Waals surface area contributed by atoms with E-state index in [1.54, 1.807) is 0 Å². The summed E-state index contributed by atoms with van der Waals surface area (Å²) in [6.45, 7) is 14.9. The molecule has 4 nitrogen and oxygen atoms in total. The summed E-state index contributed by atoms with van der Waals surface area (Å²) in [4.78, 5) is 0. The Balaban J connectivity index is 0. The second-order valence-corrected chi connectivity index (χ2v) is 10.9. The third-order valence-electron chi connectivity index (χ3n) is 3.13.